The van der Waals surface area contributed by atoms with Gasteiger partial charge in [0.25, 0.3) is 0 Å². The molecule has 1 aliphatic heterocycles. The number of carbonyl (C=O) groups is 1. The second kappa shape index (κ2) is 14.7. The minimum Gasteiger partial charge on any atom is -0.378 e. The van der Waals surface area contributed by atoms with Crippen molar-refractivity contribution in [3.63, 3.8) is 0 Å². The van der Waals surface area contributed by atoms with E-state index >= 15 is 0 Å². The van der Waals surface area contributed by atoms with Gasteiger partial charge in [0.1, 0.15) is 17.5 Å². The van der Waals surface area contributed by atoms with Crippen LogP contribution >= 0.6 is 0 Å². The Morgan fingerprint density at radius 1 is 0.955 bits per heavy atom. The van der Waals surface area contributed by atoms with Gasteiger partial charge in [-0.15, -0.1) is 0 Å². The van der Waals surface area contributed by atoms with Gasteiger partial charge < -0.3 is 14.7 Å². The van der Waals surface area contributed by atoms with Crippen LogP contribution in [0.1, 0.15) is 99.8 Å². The van der Waals surface area contributed by atoms with Crippen molar-refractivity contribution in [2.75, 3.05) is 25.6 Å². The maximum absolute atomic E-state index is 14.4. The molecule has 0 amide bonds. The van der Waals surface area contributed by atoms with Crippen molar-refractivity contribution < 1.29 is 19.0 Å². The lowest BCUT2D eigenvalue weighted by molar-refractivity contribution is -0.114. The maximum Gasteiger partial charge on any atom is 0.156 e. The molecule has 44 heavy (non-hydrogen) atoms. The minimum atomic E-state index is -1.29. The minimum absolute atomic E-state index is 0. The molecule has 2 fully saturated rings. The highest BCUT2D eigenvalue weighted by Gasteiger charge is 2.61. The molecule has 2 aromatic rings. The van der Waals surface area contributed by atoms with Gasteiger partial charge in [0.15, 0.2) is 5.78 Å². The van der Waals surface area contributed by atoms with Crippen molar-refractivity contribution in [3.8, 4) is 11.8 Å². The van der Waals surface area contributed by atoms with E-state index in [-0.39, 0.29) is 66.7 Å². The van der Waals surface area contributed by atoms with Crippen molar-refractivity contribution in [1.82, 2.24) is 0 Å². The summed E-state index contributed by atoms with van der Waals surface area (Å²) in [7, 11) is 4.06. The standard InChI is InChI=1S/C34H36FNO3.5CH4/c1-33-21-39-32(23-8-11-25(12-9-23)36(2)3)31-27-15-13-26(37)20-24(27)10-14-28(31)29(33)17-19-34(33,38)18-16-22-6-4-5-7-30(22)35;;;;;/h4-9,11-12,20,28-29,32,38H,10,13-15,17,19,21H2,1-3H3;5*1H4/t28?,29?,32-,33+,34+;;;;;/m1...../s1. The summed E-state index contributed by atoms with van der Waals surface area (Å²) in [5.74, 6) is 6.31. The lowest BCUT2D eigenvalue weighted by atomic mass is 9.61. The quantitative estimate of drug-likeness (QED) is 0.347. The predicted molar refractivity (Wildman–Crippen MR) is 184 cm³/mol. The SMILES string of the molecule is C.C.C.C.C.CN(C)c1ccc([C@H]2OC[C@@]3(C)C(CC[C@@]3(O)C#Cc3ccccc3F)C3CCC4=CC(=O)CCC4=C32)cc1. The van der Waals surface area contributed by atoms with Crippen LogP contribution in [0.5, 0.6) is 0 Å². The number of carbonyl (C=O) groups excluding carboxylic acids is 1. The molecule has 4 nitrogen and oxygen atoms in total. The summed E-state index contributed by atoms with van der Waals surface area (Å²) in [6.45, 7) is 2.46. The molecule has 6 rings (SSSR count). The van der Waals surface area contributed by atoms with Crippen molar-refractivity contribution in [2.45, 2.75) is 94.3 Å². The summed E-state index contributed by atoms with van der Waals surface area (Å²) in [6.07, 6.45) is 6.02. The molecule has 4 aliphatic rings. The average molecular weight is 606 g/mol. The van der Waals surface area contributed by atoms with Gasteiger partial charge in [0, 0.05) is 31.6 Å². The molecule has 242 valence electrons. The Bertz CT molecular complexity index is 1430. The molecular weight excluding hydrogens is 549 g/mol. The molecule has 1 saturated heterocycles. The summed E-state index contributed by atoms with van der Waals surface area (Å²) in [6, 6.07) is 15.0. The topological polar surface area (TPSA) is 49.8 Å². The van der Waals surface area contributed by atoms with Crippen LogP contribution in [-0.4, -0.2) is 37.2 Å². The summed E-state index contributed by atoms with van der Waals surface area (Å²) < 4.78 is 21.2. The summed E-state index contributed by atoms with van der Waals surface area (Å²) >= 11 is 0. The number of ether oxygens (including phenoxy) is 1. The highest BCUT2D eigenvalue weighted by Crippen LogP contribution is 2.61. The first-order chi connectivity index (χ1) is 18.7. The molecule has 3 aliphatic carbocycles. The van der Waals surface area contributed by atoms with Crippen LogP contribution < -0.4 is 4.90 Å². The Morgan fingerprint density at radius 2 is 1.64 bits per heavy atom. The van der Waals surface area contributed by atoms with Gasteiger partial charge in [-0.05, 0) is 96.6 Å². The van der Waals surface area contributed by atoms with E-state index in [0.29, 0.717) is 25.0 Å². The van der Waals surface area contributed by atoms with E-state index in [1.165, 1.54) is 17.2 Å². The Labute approximate surface area is 267 Å². The number of rotatable bonds is 2. The molecule has 0 radical (unpaired) electrons. The fourth-order valence-corrected chi connectivity index (χ4v) is 7.43. The number of anilines is 1. The number of ketones is 1. The highest BCUT2D eigenvalue weighted by molar-refractivity contribution is 5.93. The maximum atomic E-state index is 14.4. The molecule has 1 heterocycles. The van der Waals surface area contributed by atoms with Crippen molar-refractivity contribution in [1.29, 1.82) is 0 Å². The molecule has 0 spiro atoms. The highest BCUT2D eigenvalue weighted by atomic mass is 19.1. The first kappa shape index (κ1) is 38.8. The van der Waals surface area contributed by atoms with E-state index in [2.05, 4.69) is 47.9 Å². The molecular formula is C39H56FNO3. The second-order valence-corrected chi connectivity index (χ2v) is 12.0. The number of hydrogen-bond donors (Lipinski definition) is 1. The Hall–Kier alpha value is -3.20. The number of allylic oxidation sites excluding steroid dienone is 3. The van der Waals surface area contributed by atoms with Crippen molar-refractivity contribution >= 4 is 11.5 Å². The van der Waals surface area contributed by atoms with Gasteiger partial charge in [-0.3, -0.25) is 4.79 Å². The fourth-order valence-electron chi connectivity index (χ4n) is 7.43. The summed E-state index contributed by atoms with van der Waals surface area (Å²) in [5.41, 5.74) is 4.33. The number of halogens is 1. The molecule has 0 aromatic heterocycles. The number of aliphatic hydroxyl groups is 1. The molecule has 1 saturated carbocycles. The number of fused-ring (bicyclic) bond motifs is 4. The van der Waals surface area contributed by atoms with Gasteiger partial charge in [-0.2, -0.15) is 0 Å². The van der Waals surface area contributed by atoms with E-state index in [1.807, 2.05) is 20.2 Å². The van der Waals surface area contributed by atoms with Gasteiger partial charge in [-0.25, -0.2) is 4.39 Å². The first-order valence-corrected chi connectivity index (χ1v) is 14.1. The monoisotopic (exact) mass is 605 g/mol. The third kappa shape index (κ3) is 6.44. The van der Waals surface area contributed by atoms with E-state index in [9.17, 15) is 14.3 Å². The average Bonchev–Trinajstić information content (AvgIpc) is 3.10. The van der Waals surface area contributed by atoms with E-state index in [0.717, 1.165) is 42.5 Å². The van der Waals surface area contributed by atoms with Crippen molar-refractivity contribution in [2.24, 2.45) is 17.3 Å². The van der Waals surface area contributed by atoms with Gasteiger partial charge >= 0.3 is 0 Å². The Kier molecular flexibility index (Phi) is 13.0. The van der Waals surface area contributed by atoms with E-state index in [4.69, 9.17) is 4.74 Å². The number of nitrogens with zero attached hydrogens (tertiary/aromatic N) is 1. The third-order valence-corrected chi connectivity index (χ3v) is 9.71. The Balaban J connectivity index is 0.00000194. The zero-order chi connectivity index (χ0) is 27.4. The smallest absolute Gasteiger partial charge is 0.156 e. The van der Waals surface area contributed by atoms with Crippen LogP contribution in [0.15, 0.2) is 71.3 Å². The summed E-state index contributed by atoms with van der Waals surface area (Å²) in [5, 5.41) is 12.1. The lowest BCUT2D eigenvalue weighted by Gasteiger charge is -2.42. The Morgan fingerprint density at radius 3 is 2.30 bits per heavy atom. The fraction of sp³-hybridized carbons (Fsp3) is 0.513. The number of benzene rings is 2. The molecule has 1 N–H and O–H groups in total. The van der Waals surface area contributed by atoms with E-state index < -0.39 is 11.0 Å². The molecule has 5 heteroatoms. The lowest BCUT2D eigenvalue weighted by Crippen LogP contribution is -2.48. The largest absolute Gasteiger partial charge is 0.378 e. The third-order valence-electron chi connectivity index (χ3n) is 9.71. The summed E-state index contributed by atoms with van der Waals surface area (Å²) in [4.78, 5) is 14.4. The van der Waals surface area contributed by atoms with Crippen LogP contribution in [0.3, 0.4) is 0 Å². The van der Waals surface area contributed by atoms with Crippen LogP contribution in [-0.2, 0) is 9.53 Å². The van der Waals surface area contributed by atoms with Crippen LogP contribution in [0.25, 0.3) is 0 Å². The van der Waals surface area contributed by atoms with Gasteiger partial charge in [0.2, 0.25) is 0 Å². The number of hydrogen-bond acceptors (Lipinski definition) is 4. The van der Waals surface area contributed by atoms with Crippen LogP contribution in [0, 0.1) is 34.9 Å². The van der Waals surface area contributed by atoms with E-state index in [1.54, 1.807) is 18.2 Å². The second-order valence-electron chi connectivity index (χ2n) is 12.0. The molecule has 2 unspecified atom stereocenters. The zero-order valence-electron chi connectivity index (χ0n) is 23.0. The van der Waals surface area contributed by atoms with Gasteiger partial charge in [-0.1, -0.05) is 80.2 Å². The van der Waals surface area contributed by atoms with Crippen LogP contribution in [0.4, 0.5) is 10.1 Å². The normalized spacial score (nSPS) is 28.2. The molecule has 2 aromatic carbocycles. The van der Waals surface area contributed by atoms with Crippen molar-refractivity contribution in [3.05, 3.63) is 88.3 Å². The molecule has 5 atom stereocenters. The first-order valence-electron chi connectivity index (χ1n) is 14.1. The van der Waals surface area contributed by atoms with Crippen LogP contribution in [0.2, 0.25) is 0 Å². The predicted octanol–water partition coefficient (Wildman–Crippen LogP) is 9.34. The zero-order valence-corrected chi connectivity index (χ0v) is 23.0. The molecule has 0 bridgehead atoms. The van der Waals surface area contributed by atoms with Gasteiger partial charge in [0.05, 0.1) is 12.2 Å².